The first kappa shape index (κ1) is 15.9. The van der Waals surface area contributed by atoms with E-state index in [1.54, 1.807) is 6.07 Å². The number of nitrogens with zero attached hydrogens (tertiary/aromatic N) is 2. The highest BCUT2D eigenvalue weighted by Gasteiger charge is 2.23. The molecule has 0 saturated carbocycles. The third kappa shape index (κ3) is 3.23. The first-order valence-electron chi connectivity index (χ1n) is 5.89. The van der Waals surface area contributed by atoms with E-state index in [0.29, 0.717) is 16.5 Å². The summed E-state index contributed by atoms with van der Waals surface area (Å²) in [4.78, 5) is 8.81. The summed E-state index contributed by atoms with van der Waals surface area (Å²) in [7, 11) is 0. The highest BCUT2D eigenvalue weighted by atomic mass is 127. The van der Waals surface area contributed by atoms with Crippen LogP contribution in [0, 0.1) is 9.39 Å². The van der Waals surface area contributed by atoms with Crippen LogP contribution in [0.25, 0.3) is 11.4 Å². The number of halogens is 4. The first-order valence-corrected chi connectivity index (χ1v) is 7.72. The van der Waals surface area contributed by atoms with Crippen molar-refractivity contribution in [2.24, 2.45) is 0 Å². The Labute approximate surface area is 140 Å². The predicted octanol–water partition coefficient (Wildman–Crippen LogP) is 5.49. The first-order chi connectivity index (χ1) is 9.20. The van der Waals surface area contributed by atoms with Gasteiger partial charge in [-0.05, 0) is 40.8 Å². The molecular weight excluding hydrogens is 413 g/mol. The van der Waals surface area contributed by atoms with Crippen LogP contribution in [-0.2, 0) is 5.41 Å². The fraction of sp³-hybridized carbons (Fsp3) is 0.286. The summed E-state index contributed by atoms with van der Waals surface area (Å²) in [6, 6.07) is 4.39. The van der Waals surface area contributed by atoms with E-state index in [1.165, 1.54) is 12.1 Å². The maximum Gasteiger partial charge on any atom is 0.161 e. The van der Waals surface area contributed by atoms with Gasteiger partial charge in [-0.3, -0.25) is 0 Å². The van der Waals surface area contributed by atoms with Gasteiger partial charge < -0.3 is 0 Å². The molecule has 0 saturated heterocycles. The molecule has 2 rings (SSSR count). The molecule has 1 aromatic carbocycles. The summed E-state index contributed by atoms with van der Waals surface area (Å²) in [5.41, 5.74) is 1.33. The lowest BCUT2D eigenvalue weighted by molar-refractivity contribution is 0.563. The van der Waals surface area contributed by atoms with E-state index >= 15 is 0 Å². The summed E-state index contributed by atoms with van der Waals surface area (Å²) >= 11 is 14.1. The van der Waals surface area contributed by atoms with Crippen molar-refractivity contribution in [2.45, 2.75) is 26.2 Å². The van der Waals surface area contributed by atoms with Crippen molar-refractivity contribution < 1.29 is 4.39 Å². The van der Waals surface area contributed by atoms with E-state index in [2.05, 4.69) is 53.3 Å². The van der Waals surface area contributed by atoms with Gasteiger partial charge in [0.1, 0.15) is 11.0 Å². The van der Waals surface area contributed by atoms with Gasteiger partial charge in [-0.15, -0.1) is 0 Å². The molecule has 1 aromatic heterocycles. The second-order valence-electron chi connectivity index (χ2n) is 5.38. The number of benzene rings is 1. The standard InChI is InChI=1S/C14H12Cl2FIN2/c1-14(2,3)11-10(18)12(16)20-13(19-11)7-4-5-9(17)8(15)6-7/h4-6H,1-3H3. The third-order valence-corrected chi connectivity index (χ3v) is 4.60. The van der Waals surface area contributed by atoms with Crippen LogP contribution >= 0.6 is 45.8 Å². The Balaban J connectivity index is 2.63. The van der Waals surface area contributed by atoms with Gasteiger partial charge in [0.25, 0.3) is 0 Å². The summed E-state index contributed by atoms with van der Waals surface area (Å²) in [5.74, 6) is -0.0229. The summed E-state index contributed by atoms with van der Waals surface area (Å²) in [6.07, 6.45) is 0. The van der Waals surface area contributed by atoms with Gasteiger partial charge in [0, 0.05) is 11.0 Å². The molecule has 20 heavy (non-hydrogen) atoms. The molecular formula is C14H12Cl2FIN2. The minimum Gasteiger partial charge on any atom is -0.231 e. The van der Waals surface area contributed by atoms with Crippen LogP contribution in [0.5, 0.6) is 0 Å². The van der Waals surface area contributed by atoms with Crippen molar-refractivity contribution in [1.82, 2.24) is 9.97 Å². The zero-order valence-corrected chi connectivity index (χ0v) is 14.8. The van der Waals surface area contributed by atoms with Crippen LogP contribution < -0.4 is 0 Å². The Bertz CT molecular complexity index is 669. The van der Waals surface area contributed by atoms with E-state index in [1.807, 2.05) is 0 Å². The average Bonchev–Trinajstić information content (AvgIpc) is 2.34. The molecule has 2 nitrogen and oxygen atoms in total. The fourth-order valence-electron chi connectivity index (χ4n) is 1.68. The summed E-state index contributed by atoms with van der Waals surface area (Å²) in [5, 5.41) is 0.430. The number of rotatable bonds is 1. The minimum atomic E-state index is -0.469. The largest absolute Gasteiger partial charge is 0.231 e. The topological polar surface area (TPSA) is 25.8 Å². The summed E-state index contributed by atoms with van der Waals surface area (Å²) in [6.45, 7) is 6.15. The normalized spacial score (nSPS) is 11.8. The third-order valence-electron chi connectivity index (χ3n) is 2.70. The van der Waals surface area contributed by atoms with Crippen molar-refractivity contribution in [3.05, 3.63) is 43.5 Å². The van der Waals surface area contributed by atoms with E-state index < -0.39 is 5.82 Å². The Morgan fingerprint density at radius 3 is 2.35 bits per heavy atom. The molecule has 0 amide bonds. The lowest BCUT2D eigenvalue weighted by Gasteiger charge is -2.20. The number of hydrogen-bond donors (Lipinski definition) is 0. The molecule has 2 aromatic rings. The Hall–Kier alpha value is -0.460. The van der Waals surface area contributed by atoms with Crippen molar-refractivity contribution in [3.63, 3.8) is 0 Å². The van der Waals surface area contributed by atoms with E-state index in [-0.39, 0.29) is 10.4 Å². The predicted molar refractivity (Wildman–Crippen MR) is 88.9 cm³/mol. The average molecular weight is 425 g/mol. The molecule has 0 fully saturated rings. The van der Waals surface area contributed by atoms with Crippen LogP contribution in [0.3, 0.4) is 0 Å². The molecule has 0 unspecified atom stereocenters. The van der Waals surface area contributed by atoms with Crippen molar-refractivity contribution >= 4 is 45.8 Å². The van der Waals surface area contributed by atoms with Gasteiger partial charge in [-0.25, -0.2) is 14.4 Å². The van der Waals surface area contributed by atoms with Gasteiger partial charge in [-0.2, -0.15) is 0 Å². The molecule has 6 heteroatoms. The number of aromatic nitrogens is 2. The van der Waals surface area contributed by atoms with Crippen molar-refractivity contribution in [3.8, 4) is 11.4 Å². The summed E-state index contributed by atoms with van der Waals surface area (Å²) < 4.78 is 14.1. The van der Waals surface area contributed by atoms with E-state index in [9.17, 15) is 4.39 Å². The maximum absolute atomic E-state index is 13.2. The zero-order valence-electron chi connectivity index (χ0n) is 11.1. The lowest BCUT2D eigenvalue weighted by Crippen LogP contribution is -2.17. The molecule has 0 bridgehead atoms. The van der Waals surface area contributed by atoms with E-state index in [0.717, 1.165) is 9.26 Å². The van der Waals surface area contributed by atoms with Crippen LogP contribution in [0.1, 0.15) is 26.5 Å². The second-order valence-corrected chi connectivity index (χ2v) is 7.22. The Morgan fingerprint density at radius 1 is 1.15 bits per heavy atom. The van der Waals surface area contributed by atoms with Gasteiger partial charge >= 0.3 is 0 Å². The second kappa shape index (κ2) is 5.73. The SMILES string of the molecule is CC(C)(C)c1nc(-c2ccc(F)c(Cl)c2)nc(Cl)c1I. The van der Waals surface area contributed by atoms with Gasteiger partial charge in [-0.1, -0.05) is 44.0 Å². The molecule has 0 spiro atoms. The van der Waals surface area contributed by atoms with Crippen LogP contribution in [0.4, 0.5) is 4.39 Å². The van der Waals surface area contributed by atoms with E-state index in [4.69, 9.17) is 23.2 Å². The molecule has 0 aliphatic heterocycles. The highest BCUT2D eigenvalue weighted by molar-refractivity contribution is 14.1. The lowest BCUT2D eigenvalue weighted by atomic mass is 9.92. The monoisotopic (exact) mass is 424 g/mol. The minimum absolute atomic E-state index is 0.0399. The Morgan fingerprint density at radius 2 is 1.80 bits per heavy atom. The molecule has 0 atom stereocenters. The van der Waals surface area contributed by atoms with Gasteiger partial charge in [0.2, 0.25) is 0 Å². The molecule has 1 heterocycles. The fourth-order valence-corrected chi connectivity index (χ4v) is 3.08. The van der Waals surface area contributed by atoms with Gasteiger partial charge in [0.05, 0.1) is 14.3 Å². The molecule has 0 aliphatic rings. The maximum atomic E-state index is 13.2. The molecule has 0 aliphatic carbocycles. The zero-order chi connectivity index (χ0) is 15.1. The molecule has 0 N–H and O–H groups in total. The Kier molecular flexibility index (Phi) is 4.56. The molecule has 106 valence electrons. The van der Waals surface area contributed by atoms with Crippen LogP contribution in [0.2, 0.25) is 10.2 Å². The number of hydrogen-bond acceptors (Lipinski definition) is 2. The smallest absolute Gasteiger partial charge is 0.161 e. The van der Waals surface area contributed by atoms with Crippen LogP contribution in [0.15, 0.2) is 18.2 Å². The molecule has 0 radical (unpaired) electrons. The van der Waals surface area contributed by atoms with Crippen molar-refractivity contribution in [2.75, 3.05) is 0 Å². The van der Waals surface area contributed by atoms with Crippen molar-refractivity contribution in [1.29, 1.82) is 0 Å². The highest BCUT2D eigenvalue weighted by Crippen LogP contribution is 2.32. The van der Waals surface area contributed by atoms with Gasteiger partial charge in [0.15, 0.2) is 5.82 Å². The van der Waals surface area contributed by atoms with Crippen LogP contribution in [-0.4, -0.2) is 9.97 Å². The quantitative estimate of drug-likeness (QED) is 0.446.